The number of carbonyl (C=O) groups is 1. The largest absolute Gasteiger partial charge is 0.302 e. The molecule has 0 N–H and O–H groups in total. The van der Waals surface area contributed by atoms with E-state index in [2.05, 4.69) is 49.7 Å². The lowest BCUT2D eigenvalue weighted by Crippen LogP contribution is -2.38. The Labute approximate surface area is 187 Å². The zero-order chi connectivity index (χ0) is 20.4. The molecular weight excluding hydrogens is 424 g/mol. The molecule has 2 heterocycles. The second kappa shape index (κ2) is 9.98. The minimum absolute atomic E-state index is 0. The standard InChI is InChI=1S/C21H28N4OS2.ClH/c1-7-24(8-2)9-10-25(20(26)19-15(5)22-16(6)27-19)21-23-17-12-13(3)11-14(4)18(17)28-21;/h11-12H,7-10H2,1-6H3;1H. The van der Waals surface area contributed by atoms with Crippen LogP contribution in [0.15, 0.2) is 12.1 Å². The minimum Gasteiger partial charge on any atom is -0.302 e. The first kappa shape index (κ1) is 23.7. The molecule has 0 radical (unpaired) electrons. The Morgan fingerprint density at radius 2 is 1.69 bits per heavy atom. The number of nitrogens with zero attached hydrogens (tertiary/aromatic N) is 4. The number of fused-ring (bicyclic) bond motifs is 1. The van der Waals surface area contributed by atoms with E-state index < -0.39 is 0 Å². The molecule has 0 unspecified atom stereocenters. The summed E-state index contributed by atoms with van der Waals surface area (Å²) in [4.78, 5) is 27.6. The van der Waals surface area contributed by atoms with Crippen LogP contribution in [0, 0.1) is 27.7 Å². The summed E-state index contributed by atoms with van der Waals surface area (Å²) in [7, 11) is 0. The van der Waals surface area contributed by atoms with Crippen LogP contribution in [0.4, 0.5) is 5.13 Å². The van der Waals surface area contributed by atoms with Crippen molar-refractivity contribution in [3.05, 3.63) is 38.8 Å². The van der Waals surface area contributed by atoms with Crippen molar-refractivity contribution in [3.8, 4) is 0 Å². The van der Waals surface area contributed by atoms with Crippen molar-refractivity contribution in [3.63, 3.8) is 0 Å². The number of halogens is 1. The van der Waals surface area contributed by atoms with E-state index in [4.69, 9.17) is 4.98 Å². The Kier molecular flexibility index (Phi) is 8.17. The van der Waals surface area contributed by atoms with Gasteiger partial charge in [0.2, 0.25) is 0 Å². The molecule has 8 heteroatoms. The van der Waals surface area contributed by atoms with Crippen LogP contribution >= 0.6 is 35.1 Å². The maximum atomic E-state index is 13.4. The van der Waals surface area contributed by atoms with Crippen molar-refractivity contribution in [1.29, 1.82) is 0 Å². The van der Waals surface area contributed by atoms with Crippen LogP contribution in [-0.2, 0) is 0 Å². The number of anilines is 1. The summed E-state index contributed by atoms with van der Waals surface area (Å²) in [5, 5.41) is 1.69. The monoisotopic (exact) mass is 452 g/mol. The van der Waals surface area contributed by atoms with Crippen LogP contribution in [0.25, 0.3) is 10.2 Å². The van der Waals surface area contributed by atoms with Gasteiger partial charge in [-0.1, -0.05) is 31.3 Å². The summed E-state index contributed by atoms with van der Waals surface area (Å²) < 4.78 is 1.15. The zero-order valence-electron chi connectivity index (χ0n) is 17.9. The van der Waals surface area contributed by atoms with E-state index in [9.17, 15) is 4.79 Å². The van der Waals surface area contributed by atoms with Gasteiger partial charge in [0.25, 0.3) is 5.91 Å². The van der Waals surface area contributed by atoms with Gasteiger partial charge in [0, 0.05) is 13.1 Å². The van der Waals surface area contributed by atoms with E-state index >= 15 is 0 Å². The summed E-state index contributed by atoms with van der Waals surface area (Å²) in [5.74, 6) is 0.00341. The van der Waals surface area contributed by atoms with Crippen molar-refractivity contribution < 1.29 is 4.79 Å². The summed E-state index contributed by atoms with van der Waals surface area (Å²) in [6.45, 7) is 15.7. The quantitative estimate of drug-likeness (QED) is 0.481. The summed E-state index contributed by atoms with van der Waals surface area (Å²) in [5.41, 5.74) is 4.17. The molecular formula is C21H29ClN4OS2. The molecule has 0 aliphatic carbocycles. The zero-order valence-corrected chi connectivity index (χ0v) is 20.4. The first-order valence-corrected chi connectivity index (χ1v) is 11.3. The summed E-state index contributed by atoms with van der Waals surface area (Å²) >= 11 is 3.07. The first-order chi connectivity index (χ1) is 13.3. The average molecular weight is 453 g/mol. The van der Waals surface area contributed by atoms with Crippen LogP contribution in [0.2, 0.25) is 0 Å². The molecule has 3 rings (SSSR count). The highest BCUT2D eigenvalue weighted by Gasteiger charge is 2.25. The summed E-state index contributed by atoms with van der Waals surface area (Å²) in [6, 6.07) is 4.26. The molecule has 1 amide bonds. The Bertz CT molecular complexity index is 994. The highest BCUT2D eigenvalue weighted by molar-refractivity contribution is 7.22. The smallest absolute Gasteiger partial charge is 0.272 e. The first-order valence-electron chi connectivity index (χ1n) is 9.70. The lowest BCUT2D eigenvalue weighted by atomic mass is 10.1. The Morgan fingerprint density at radius 3 is 2.28 bits per heavy atom. The lowest BCUT2D eigenvalue weighted by Gasteiger charge is -2.24. The third-order valence-electron chi connectivity index (χ3n) is 4.92. The molecule has 0 spiro atoms. The minimum atomic E-state index is 0. The number of benzene rings is 1. The Balaban J connectivity index is 0.00000300. The highest BCUT2D eigenvalue weighted by Crippen LogP contribution is 2.33. The van der Waals surface area contributed by atoms with Crippen LogP contribution in [0.5, 0.6) is 0 Å². The van der Waals surface area contributed by atoms with Gasteiger partial charge in [0.1, 0.15) is 4.88 Å². The molecule has 0 fully saturated rings. The van der Waals surface area contributed by atoms with E-state index in [1.54, 1.807) is 11.3 Å². The van der Waals surface area contributed by atoms with Gasteiger partial charge in [0.15, 0.2) is 5.13 Å². The van der Waals surface area contributed by atoms with Crippen LogP contribution in [0.1, 0.15) is 45.3 Å². The maximum Gasteiger partial charge on any atom is 0.272 e. The molecule has 3 aromatic rings. The Morgan fingerprint density at radius 1 is 1.00 bits per heavy atom. The second-order valence-corrected chi connectivity index (χ2v) is 9.24. The van der Waals surface area contributed by atoms with Gasteiger partial charge in [-0.25, -0.2) is 9.97 Å². The highest BCUT2D eigenvalue weighted by atomic mass is 35.5. The molecule has 0 bridgehead atoms. The number of rotatable bonds is 7. The van der Waals surface area contributed by atoms with Crippen LogP contribution in [-0.4, -0.2) is 47.0 Å². The number of hydrogen-bond donors (Lipinski definition) is 0. The normalized spacial score (nSPS) is 11.1. The number of thiazole rings is 2. The molecule has 1 aromatic carbocycles. The number of aromatic nitrogens is 2. The van der Waals surface area contributed by atoms with Gasteiger partial charge >= 0.3 is 0 Å². The van der Waals surface area contributed by atoms with E-state index in [1.165, 1.54) is 22.5 Å². The average Bonchev–Trinajstić information content (AvgIpc) is 3.21. The van der Waals surface area contributed by atoms with Gasteiger partial charge in [-0.05, 0) is 58.0 Å². The van der Waals surface area contributed by atoms with Gasteiger partial charge in [-0.2, -0.15) is 0 Å². The molecule has 29 heavy (non-hydrogen) atoms. The van der Waals surface area contributed by atoms with Crippen LogP contribution in [0.3, 0.4) is 0 Å². The molecule has 5 nitrogen and oxygen atoms in total. The fourth-order valence-corrected chi connectivity index (χ4v) is 5.31. The predicted molar refractivity (Wildman–Crippen MR) is 127 cm³/mol. The summed E-state index contributed by atoms with van der Waals surface area (Å²) in [6.07, 6.45) is 0. The molecule has 0 aliphatic heterocycles. The van der Waals surface area contributed by atoms with E-state index in [1.807, 2.05) is 18.7 Å². The van der Waals surface area contributed by atoms with Crippen molar-refractivity contribution in [2.24, 2.45) is 0 Å². The third-order valence-corrected chi connectivity index (χ3v) is 7.21. The lowest BCUT2D eigenvalue weighted by molar-refractivity contribution is 0.0987. The molecule has 0 saturated heterocycles. The molecule has 0 saturated carbocycles. The van der Waals surface area contributed by atoms with Crippen molar-refractivity contribution in [2.45, 2.75) is 41.5 Å². The van der Waals surface area contributed by atoms with Gasteiger partial charge < -0.3 is 4.90 Å². The topological polar surface area (TPSA) is 49.3 Å². The number of hydrogen-bond acceptors (Lipinski definition) is 6. The third kappa shape index (κ3) is 5.15. The molecule has 0 atom stereocenters. The number of likely N-dealkylation sites (N-methyl/N-ethyl adjacent to an activating group) is 1. The predicted octanol–water partition coefficient (Wildman–Crippen LogP) is 5.40. The molecule has 2 aromatic heterocycles. The van der Waals surface area contributed by atoms with Crippen molar-refractivity contribution >= 4 is 56.3 Å². The number of amides is 1. The van der Waals surface area contributed by atoms with Gasteiger partial charge in [0.05, 0.1) is 20.9 Å². The van der Waals surface area contributed by atoms with Crippen molar-refractivity contribution in [1.82, 2.24) is 14.9 Å². The van der Waals surface area contributed by atoms with E-state index in [0.717, 1.165) is 45.7 Å². The fourth-order valence-electron chi connectivity index (χ4n) is 3.40. The van der Waals surface area contributed by atoms with Crippen LogP contribution < -0.4 is 4.90 Å². The number of aryl methyl sites for hydroxylation is 4. The van der Waals surface area contributed by atoms with Crippen molar-refractivity contribution in [2.75, 3.05) is 31.1 Å². The molecule has 0 aliphatic rings. The van der Waals surface area contributed by atoms with E-state index in [0.29, 0.717) is 11.4 Å². The van der Waals surface area contributed by atoms with Gasteiger partial charge in [-0.3, -0.25) is 9.69 Å². The SMILES string of the molecule is CCN(CC)CCN(C(=O)c1sc(C)nc1C)c1nc2cc(C)cc(C)c2s1.Cl. The molecule has 158 valence electrons. The Hall–Kier alpha value is -1.54. The van der Waals surface area contributed by atoms with E-state index in [-0.39, 0.29) is 18.3 Å². The van der Waals surface area contributed by atoms with Gasteiger partial charge in [-0.15, -0.1) is 23.7 Å². The fraction of sp³-hybridized carbons (Fsp3) is 0.476. The number of carbonyl (C=O) groups excluding carboxylic acids is 1. The maximum absolute atomic E-state index is 13.4. The second-order valence-electron chi connectivity index (χ2n) is 7.06.